The monoisotopic (exact) mass is 378 g/mol. The maximum absolute atomic E-state index is 13.7. The van der Waals surface area contributed by atoms with Crippen molar-refractivity contribution in [1.29, 1.82) is 0 Å². The van der Waals surface area contributed by atoms with Crippen molar-refractivity contribution >= 4 is 34.8 Å². The quantitative estimate of drug-likeness (QED) is 0.654. The van der Waals surface area contributed by atoms with Crippen LogP contribution in [0.5, 0.6) is 0 Å². The SMILES string of the molecule is O=C(Nc1ccccc1Cl)c1ccnc(Nc2ccc(F)c(F)c2F)n1. The van der Waals surface area contributed by atoms with E-state index >= 15 is 0 Å². The van der Waals surface area contributed by atoms with Crippen LogP contribution in [0, 0.1) is 17.5 Å². The molecule has 2 aromatic carbocycles. The van der Waals surface area contributed by atoms with E-state index in [-0.39, 0.29) is 17.3 Å². The number of para-hydroxylation sites is 1. The summed E-state index contributed by atoms with van der Waals surface area (Å²) in [7, 11) is 0. The molecule has 0 aliphatic rings. The maximum Gasteiger partial charge on any atom is 0.274 e. The van der Waals surface area contributed by atoms with Crippen LogP contribution in [0.15, 0.2) is 48.7 Å². The van der Waals surface area contributed by atoms with Crippen LogP contribution in [0.3, 0.4) is 0 Å². The highest BCUT2D eigenvalue weighted by molar-refractivity contribution is 6.33. The minimum absolute atomic E-state index is 0.0367. The fraction of sp³-hybridized carbons (Fsp3) is 0. The lowest BCUT2D eigenvalue weighted by atomic mass is 10.3. The molecule has 1 heterocycles. The van der Waals surface area contributed by atoms with Gasteiger partial charge in [0.15, 0.2) is 17.5 Å². The summed E-state index contributed by atoms with van der Waals surface area (Å²) in [6.07, 6.45) is 1.26. The molecule has 9 heteroatoms. The Balaban J connectivity index is 1.81. The normalized spacial score (nSPS) is 10.5. The van der Waals surface area contributed by atoms with E-state index in [2.05, 4.69) is 20.6 Å². The highest BCUT2D eigenvalue weighted by Gasteiger charge is 2.15. The fourth-order valence-electron chi connectivity index (χ4n) is 2.04. The van der Waals surface area contributed by atoms with Gasteiger partial charge in [-0.05, 0) is 30.3 Å². The molecule has 3 rings (SSSR count). The Morgan fingerprint density at radius 1 is 0.962 bits per heavy atom. The summed E-state index contributed by atoms with van der Waals surface area (Å²) in [6, 6.07) is 9.70. The largest absolute Gasteiger partial charge is 0.322 e. The smallest absolute Gasteiger partial charge is 0.274 e. The number of hydrogen-bond donors (Lipinski definition) is 2. The maximum atomic E-state index is 13.7. The van der Waals surface area contributed by atoms with Crippen molar-refractivity contribution in [2.75, 3.05) is 10.6 Å². The predicted molar refractivity (Wildman–Crippen MR) is 91.0 cm³/mol. The van der Waals surface area contributed by atoms with Gasteiger partial charge in [-0.3, -0.25) is 4.79 Å². The fourth-order valence-corrected chi connectivity index (χ4v) is 2.22. The Morgan fingerprint density at radius 3 is 2.50 bits per heavy atom. The van der Waals surface area contributed by atoms with Gasteiger partial charge in [0, 0.05) is 6.20 Å². The second kappa shape index (κ2) is 7.40. The summed E-state index contributed by atoms with van der Waals surface area (Å²) in [4.78, 5) is 20.0. The van der Waals surface area contributed by atoms with Gasteiger partial charge in [0.05, 0.1) is 16.4 Å². The van der Waals surface area contributed by atoms with Crippen molar-refractivity contribution in [3.8, 4) is 0 Å². The summed E-state index contributed by atoms with van der Waals surface area (Å²) in [5.41, 5.74) is -0.0167. The molecular weight excluding hydrogens is 369 g/mol. The van der Waals surface area contributed by atoms with E-state index in [9.17, 15) is 18.0 Å². The molecule has 2 N–H and O–H groups in total. The van der Waals surface area contributed by atoms with E-state index in [1.807, 2.05) is 0 Å². The number of rotatable bonds is 4. The van der Waals surface area contributed by atoms with Crippen LogP contribution >= 0.6 is 11.6 Å². The highest BCUT2D eigenvalue weighted by atomic mass is 35.5. The Bertz CT molecular complexity index is 984. The zero-order valence-electron chi connectivity index (χ0n) is 12.9. The first-order valence-electron chi connectivity index (χ1n) is 7.25. The summed E-state index contributed by atoms with van der Waals surface area (Å²) in [5.74, 6) is -5.10. The van der Waals surface area contributed by atoms with Crippen LogP contribution in [0.1, 0.15) is 10.5 Å². The third-order valence-electron chi connectivity index (χ3n) is 3.29. The average Bonchev–Trinajstić information content (AvgIpc) is 2.64. The molecule has 1 aromatic heterocycles. The number of carbonyl (C=O) groups is 1. The first kappa shape index (κ1) is 17.7. The summed E-state index contributed by atoms with van der Waals surface area (Å²) in [5, 5.41) is 5.32. The average molecular weight is 379 g/mol. The molecule has 0 unspecified atom stereocenters. The first-order chi connectivity index (χ1) is 12.5. The van der Waals surface area contributed by atoms with Crippen molar-refractivity contribution in [3.63, 3.8) is 0 Å². The molecule has 5 nitrogen and oxygen atoms in total. The van der Waals surface area contributed by atoms with Crippen LogP contribution < -0.4 is 10.6 Å². The third kappa shape index (κ3) is 3.75. The zero-order chi connectivity index (χ0) is 18.7. The zero-order valence-corrected chi connectivity index (χ0v) is 13.7. The van der Waals surface area contributed by atoms with Gasteiger partial charge in [-0.2, -0.15) is 0 Å². The van der Waals surface area contributed by atoms with Crippen molar-refractivity contribution in [2.45, 2.75) is 0 Å². The Hall–Kier alpha value is -3.13. The Morgan fingerprint density at radius 2 is 1.73 bits per heavy atom. The van der Waals surface area contributed by atoms with Gasteiger partial charge in [0.25, 0.3) is 5.91 Å². The van der Waals surface area contributed by atoms with Gasteiger partial charge in [0.1, 0.15) is 5.69 Å². The Kier molecular flexibility index (Phi) is 5.04. The van der Waals surface area contributed by atoms with Gasteiger partial charge in [-0.15, -0.1) is 0 Å². The van der Waals surface area contributed by atoms with Crippen molar-refractivity contribution in [2.24, 2.45) is 0 Å². The minimum Gasteiger partial charge on any atom is -0.322 e. The van der Waals surface area contributed by atoms with Crippen molar-refractivity contribution in [1.82, 2.24) is 9.97 Å². The number of halogens is 4. The minimum atomic E-state index is -1.62. The van der Waals surface area contributed by atoms with E-state index < -0.39 is 23.4 Å². The lowest BCUT2D eigenvalue weighted by Gasteiger charge is -2.09. The molecule has 0 spiro atoms. The highest BCUT2D eigenvalue weighted by Crippen LogP contribution is 2.23. The van der Waals surface area contributed by atoms with E-state index in [0.29, 0.717) is 10.7 Å². The summed E-state index contributed by atoms with van der Waals surface area (Å²) < 4.78 is 40.0. The lowest BCUT2D eigenvalue weighted by molar-refractivity contribution is 0.102. The number of nitrogens with zero attached hydrogens (tertiary/aromatic N) is 2. The second-order valence-electron chi connectivity index (χ2n) is 5.05. The predicted octanol–water partition coefficient (Wildman–Crippen LogP) is 4.54. The molecule has 0 saturated carbocycles. The van der Waals surface area contributed by atoms with Crippen LogP contribution in [-0.4, -0.2) is 15.9 Å². The van der Waals surface area contributed by atoms with E-state index in [4.69, 9.17) is 11.6 Å². The van der Waals surface area contributed by atoms with Crippen LogP contribution in [-0.2, 0) is 0 Å². The van der Waals surface area contributed by atoms with Crippen LogP contribution in [0.4, 0.5) is 30.5 Å². The van der Waals surface area contributed by atoms with Crippen LogP contribution in [0.25, 0.3) is 0 Å². The third-order valence-corrected chi connectivity index (χ3v) is 3.62. The number of anilines is 3. The topological polar surface area (TPSA) is 66.9 Å². The molecule has 132 valence electrons. The molecular formula is C17H10ClF3N4O. The number of aromatic nitrogens is 2. The van der Waals surface area contributed by atoms with Crippen molar-refractivity contribution in [3.05, 3.63) is 76.8 Å². The summed E-state index contributed by atoms with van der Waals surface area (Å²) >= 11 is 5.97. The van der Waals surface area contributed by atoms with Gasteiger partial charge in [-0.25, -0.2) is 23.1 Å². The molecule has 0 aliphatic heterocycles. The van der Waals surface area contributed by atoms with Gasteiger partial charge in [0.2, 0.25) is 5.95 Å². The molecule has 0 fully saturated rings. The van der Waals surface area contributed by atoms with Gasteiger partial charge >= 0.3 is 0 Å². The molecule has 0 atom stereocenters. The van der Waals surface area contributed by atoms with Crippen LogP contribution in [0.2, 0.25) is 5.02 Å². The van der Waals surface area contributed by atoms with E-state index in [0.717, 1.165) is 12.1 Å². The Labute approximate surface area is 150 Å². The number of amides is 1. The molecule has 0 saturated heterocycles. The second-order valence-corrected chi connectivity index (χ2v) is 5.45. The lowest BCUT2D eigenvalue weighted by Crippen LogP contribution is -2.15. The molecule has 26 heavy (non-hydrogen) atoms. The number of carbonyl (C=O) groups excluding carboxylic acids is 1. The number of benzene rings is 2. The van der Waals surface area contributed by atoms with Crippen molar-refractivity contribution < 1.29 is 18.0 Å². The summed E-state index contributed by atoms with van der Waals surface area (Å²) in [6.45, 7) is 0. The number of hydrogen-bond acceptors (Lipinski definition) is 4. The molecule has 0 aliphatic carbocycles. The van der Waals surface area contributed by atoms with Gasteiger partial charge < -0.3 is 10.6 Å². The molecule has 0 radical (unpaired) electrons. The molecule has 3 aromatic rings. The number of nitrogens with one attached hydrogen (secondary N) is 2. The van der Waals surface area contributed by atoms with Gasteiger partial charge in [-0.1, -0.05) is 23.7 Å². The molecule has 0 bridgehead atoms. The van der Waals surface area contributed by atoms with E-state index in [1.54, 1.807) is 24.3 Å². The first-order valence-corrected chi connectivity index (χ1v) is 7.63. The standard InChI is InChI=1S/C17H10ClF3N4O/c18-9-3-1-2-4-11(9)23-16(26)13-7-8-22-17(25-13)24-12-6-5-10(19)14(20)15(12)21/h1-8H,(H,23,26)(H,22,24,25). The van der Waals surface area contributed by atoms with E-state index in [1.165, 1.54) is 12.3 Å². The molecule has 1 amide bonds.